The van der Waals surface area contributed by atoms with Gasteiger partial charge in [0.05, 0.1) is 29.9 Å². The quantitative estimate of drug-likeness (QED) is 0.399. The normalized spacial score (nSPS) is 13.3. The van der Waals surface area contributed by atoms with Gasteiger partial charge in [-0.2, -0.15) is 18.3 Å². The fourth-order valence-electron chi connectivity index (χ4n) is 3.53. The largest absolute Gasteiger partial charge is 0.451 e. The van der Waals surface area contributed by atoms with Crippen molar-refractivity contribution in [3.8, 4) is 10.6 Å². The van der Waals surface area contributed by atoms with E-state index in [-0.39, 0.29) is 6.54 Å². The van der Waals surface area contributed by atoms with Crippen LogP contribution in [-0.4, -0.2) is 41.3 Å². The minimum absolute atomic E-state index is 0.206. The van der Waals surface area contributed by atoms with Gasteiger partial charge >= 0.3 is 6.18 Å². The van der Waals surface area contributed by atoms with Crippen molar-refractivity contribution in [1.82, 2.24) is 30.0 Å². The molecule has 184 valence electrons. The topological polar surface area (TPSA) is 106 Å². The molecule has 1 unspecified atom stereocenters. The monoisotopic (exact) mass is 504 g/mol. The number of thiazole rings is 1. The molecule has 12 heteroatoms. The van der Waals surface area contributed by atoms with Gasteiger partial charge in [0, 0.05) is 45.5 Å². The molecule has 35 heavy (non-hydrogen) atoms. The number of aryl methyl sites for hydroxylation is 1. The maximum absolute atomic E-state index is 13.2. The number of aliphatic hydroxyl groups is 1. The number of nitrogens with zero attached hydrogens (tertiary/aromatic N) is 5. The van der Waals surface area contributed by atoms with Crippen LogP contribution in [0.4, 0.5) is 13.2 Å². The van der Waals surface area contributed by atoms with Gasteiger partial charge in [0.25, 0.3) is 5.91 Å². The molecule has 0 aliphatic heterocycles. The summed E-state index contributed by atoms with van der Waals surface area (Å²) in [6.45, 7) is 7.09. The van der Waals surface area contributed by atoms with E-state index in [1.165, 1.54) is 11.3 Å². The van der Waals surface area contributed by atoms with Gasteiger partial charge in [0.2, 0.25) is 5.82 Å². The lowest BCUT2D eigenvalue weighted by molar-refractivity contribution is -0.145. The summed E-state index contributed by atoms with van der Waals surface area (Å²) in [6.07, 6.45) is 0.874. The Morgan fingerprint density at radius 3 is 2.40 bits per heavy atom. The molecule has 0 fully saturated rings. The summed E-state index contributed by atoms with van der Waals surface area (Å²) in [5.74, 6) is -1.68. The van der Waals surface area contributed by atoms with E-state index in [0.717, 1.165) is 28.2 Å². The highest BCUT2D eigenvalue weighted by molar-refractivity contribution is 7.15. The predicted molar refractivity (Wildman–Crippen MR) is 125 cm³/mol. The third-order valence-corrected chi connectivity index (χ3v) is 6.13. The van der Waals surface area contributed by atoms with Gasteiger partial charge in [-0.3, -0.25) is 9.48 Å². The zero-order valence-electron chi connectivity index (χ0n) is 19.4. The fraction of sp³-hybridized carbons (Fsp3) is 0.348. The molecule has 0 aliphatic carbocycles. The molecule has 1 amide bonds. The van der Waals surface area contributed by atoms with Crippen molar-refractivity contribution in [1.29, 1.82) is 0 Å². The Morgan fingerprint density at radius 1 is 1.14 bits per heavy atom. The lowest BCUT2D eigenvalue weighted by atomic mass is 10.0. The number of aromatic nitrogens is 5. The second kappa shape index (κ2) is 9.00. The predicted octanol–water partition coefficient (Wildman–Crippen LogP) is 4.54. The minimum atomic E-state index is -4.64. The van der Waals surface area contributed by atoms with E-state index in [2.05, 4.69) is 25.4 Å². The zero-order valence-corrected chi connectivity index (χ0v) is 20.2. The molecule has 3 heterocycles. The average Bonchev–Trinajstić information content (AvgIpc) is 3.37. The number of alkyl halides is 3. The number of rotatable bonds is 6. The first-order valence-corrected chi connectivity index (χ1v) is 11.5. The second-order valence-corrected chi connectivity index (χ2v) is 10.1. The highest BCUT2D eigenvalue weighted by Crippen LogP contribution is 2.33. The third kappa shape index (κ3) is 5.49. The second-order valence-electron chi connectivity index (χ2n) is 8.88. The molecule has 0 bridgehead atoms. The van der Waals surface area contributed by atoms with E-state index in [4.69, 9.17) is 0 Å². The van der Waals surface area contributed by atoms with Crippen LogP contribution < -0.4 is 5.32 Å². The van der Waals surface area contributed by atoms with E-state index in [1.54, 1.807) is 50.0 Å². The standard InChI is InChI=1S/C23H23F3N6O2S/c1-12-7-27-20(35-12)16-5-14(6-18-17(16)10-30-32(18)11-22(3,4)34)19(33)31-13(2)15-8-28-21(29-9-15)23(24,25)26/h5-10,13,34H,11H2,1-4H3,(H,31,33). The number of carbonyl (C=O) groups is 1. The van der Waals surface area contributed by atoms with Crippen molar-refractivity contribution in [2.45, 2.75) is 52.1 Å². The molecule has 4 aromatic rings. The van der Waals surface area contributed by atoms with Gasteiger partial charge in [-0.25, -0.2) is 15.0 Å². The summed E-state index contributed by atoms with van der Waals surface area (Å²) < 4.78 is 39.9. The van der Waals surface area contributed by atoms with Crippen LogP contribution in [0.25, 0.3) is 21.5 Å². The molecule has 0 spiro atoms. The lowest BCUT2D eigenvalue weighted by Gasteiger charge is -2.18. The minimum Gasteiger partial charge on any atom is -0.389 e. The summed E-state index contributed by atoms with van der Waals surface area (Å²) in [5, 5.41) is 19.0. The van der Waals surface area contributed by atoms with Gasteiger partial charge < -0.3 is 10.4 Å². The molecule has 0 radical (unpaired) electrons. The smallest absolute Gasteiger partial charge is 0.389 e. The average molecular weight is 505 g/mol. The molecule has 0 saturated heterocycles. The van der Waals surface area contributed by atoms with Crippen molar-refractivity contribution >= 4 is 28.1 Å². The Bertz CT molecular complexity index is 1370. The zero-order chi connectivity index (χ0) is 25.5. The number of nitrogens with one attached hydrogen (secondary N) is 1. The van der Waals surface area contributed by atoms with Crippen LogP contribution in [0.5, 0.6) is 0 Å². The van der Waals surface area contributed by atoms with Crippen LogP contribution in [0.2, 0.25) is 0 Å². The molecule has 8 nitrogen and oxygen atoms in total. The molecule has 2 N–H and O–H groups in total. The van der Waals surface area contributed by atoms with Gasteiger partial charge in [-0.15, -0.1) is 11.3 Å². The number of halogens is 3. The van der Waals surface area contributed by atoms with E-state index in [0.29, 0.717) is 21.7 Å². The maximum Gasteiger partial charge on any atom is 0.451 e. The van der Waals surface area contributed by atoms with Crippen LogP contribution in [-0.2, 0) is 12.7 Å². The maximum atomic E-state index is 13.2. The van der Waals surface area contributed by atoms with Crippen LogP contribution >= 0.6 is 11.3 Å². The van der Waals surface area contributed by atoms with Gasteiger partial charge in [0.1, 0.15) is 5.01 Å². The first-order valence-electron chi connectivity index (χ1n) is 10.7. The summed E-state index contributed by atoms with van der Waals surface area (Å²) in [4.78, 5) is 25.3. The van der Waals surface area contributed by atoms with E-state index in [9.17, 15) is 23.1 Å². The molecule has 1 aromatic carbocycles. The first-order chi connectivity index (χ1) is 16.3. The molecule has 3 aromatic heterocycles. The third-order valence-electron chi connectivity index (χ3n) is 5.19. The molecule has 0 saturated carbocycles. The number of hydrogen-bond acceptors (Lipinski definition) is 7. The number of carbonyl (C=O) groups excluding carboxylic acids is 1. The van der Waals surface area contributed by atoms with Crippen LogP contribution in [0.15, 0.2) is 36.9 Å². The summed E-state index contributed by atoms with van der Waals surface area (Å²) >= 11 is 1.47. The number of hydrogen-bond donors (Lipinski definition) is 2. The van der Waals surface area contributed by atoms with Gasteiger partial charge in [0.15, 0.2) is 0 Å². The molecular weight excluding hydrogens is 481 g/mol. The van der Waals surface area contributed by atoms with E-state index in [1.807, 2.05) is 6.92 Å². The Hall–Kier alpha value is -3.38. The van der Waals surface area contributed by atoms with Crippen LogP contribution in [0.3, 0.4) is 0 Å². The lowest BCUT2D eigenvalue weighted by Crippen LogP contribution is -2.28. The molecule has 4 rings (SSSR count). The highest BCUT2D eigenvalue weighted by atomic mass is 32.1. The fourth-order valence-corrected chi connectivity index (χ4v) is 4.32. The number of benzene rings is 1. The van der Waals surface area contributed by atoms with Crippen molar-refractivity contribution < 1.29 is 23.1 Å². The van der Waals surface area contributed by atoms with Crippen molar-refractivity contribution in [3.05, 3.63) is 58.7 Å². The number of fused-ring (bicyclic) bond motifs is 1. The Labute approximate surface area is 202 Å². The van der Waals surface area contributed by atoms with E-state index >= 15 is 0 Å². The summed E-state index contributed by atoms with van der Waals surface area (Å²) in [5.41, 5.74) is 0.978. The van der Waals surface area contributed by atoms with Crippen LogP contribution in [0, 0.1) is 6.92 Å². The van der Waals surface area contributed by atoms with Crippen molar-refractivity contribution in [3.63, 3.8) is 0 Å². The summed E-state index contributed by atoms with van der Waals surface area (Å²) in [7, 11) is 0. The highest BCUT2D eigenvalue weighted by Gasteiger charge is 2.34. The number of amides is 1. The van der Waals surface area contributed by atoms with Crippen molar-refractivity contribution in [2.75, 3.05) is 0 Å². The van der Waals surface area contributed by atoms with Gasteiger partial charge in [-0.05, 0) is 39.8 Å². The molecule has 1 atom stereocenters. The summed E-state index contributed by atoms with van der Waals surface area (Å²) in [6, 6.07) is 2.73. The Balaban J connectivity index is 1.69. The van der Waals surface area contributed by atoms with E-state index < -0.39 is 29.6 Å². The van der Waals surface area contributed by atoms with Crippen LogP contribution in [0.1, 0.15) is 53.4 Å². The molecular formula is C23H23F3N6O2S. The Morgan fingerprint density at radius 2 is 1.83 bits per heavy atom. The van der Waals surface area contributed by atoms with Gasteiger partial charge in [-0.1, -0.05) is 0 Å². The van der Waals surface area contributed by atoms with Crippen molar-refractivity contribution in [2.24, 2.45) is 0 Å². The SMILES string of the molecule is Cc1cnc(-c2cc(C(=O)NC(C)c3cnc(C(F)(F)F)nc3)cc3c2cnn3CC(C)(C)O)s1. The first kappa shape index (κ1) is 24.7. The molecule has 0 aliphatic rings. The Kier molecular flexibility index (Phi) is 6.36.